The fraction of sp³-hybridized carbons (Fsp3) is 0.600. The number of nitrogens with zero attached hydrogens (tertiary/aromatic N) is 2. The Hall–Kier alpha value is -1.93. The lowest BCUT2D eigenvalue weighted by Crippen LogP contribution is -2.35. The van der Waals surface area contributed by atoms with Gasteiger partial charge in [0, 0.05) is 38.3 Å². The summed E-state index contributed by atoms with van der Waals surface area (Å²) in [6, 6.07) is 6.29. The zero-order valence-corrected chi connectivity index (χ0v) is 17.2. The van der Waals surface area contributed by atoms with Gasteiger partial charge in [0.1, 0.15) is 0 Å². The maximum absolute atomic E-state index is 12.7. The highest BCUT2D eigenvalue weighted by Crippen LogP contribution is 2.24. The number of hydrogen-bond acceptors (Lipinski definition) is 4. The number of amides is 2. The van der Waals surface area contributed by atoms with Crippen LogP contribution in [0.4, 0.5) is 5.69 Å². The van der Waals surface area contributed by atoms with Crippen LogP contribution in [0.5, 0.6) is 0 Å². The Morgan fingerprint density at radius 3 is 2.46 bits per heavy atom. The molecule has 1 aromatic rings. The van der Waals surface area contributed by atoms with Gasteiger partial charge in [-0.2, -0.15) is 4.31 Å². The lowest BCUT2D eigenvalue weighted by Gasteiger charge is -2.25. The van der Waals surface area contributed by atoms with Crippen molar-refractivity contribution >= 4 is 27.5 Å². The summed E-state index contributed by atoms with van der Waals surface area (Å²) < 4.78 is 26.9. The van der Waals surface area contributed by atoms with Crippen molar-refractivity contribution in [1.29, 1.82) is 0 Å². The van der Waals surface area contributed by atoms with Gasteiger partial charge in [0.2, 0.25) is 21.8 Å². The highest BCUT2D eigenvalue weighted by Gasteiger charge is 2.34. The fourth-order valence-corrected chi connectivity index (χ4v) is 5.24. The van der Waals surface area contributed by atoms with Crippen LogP contribution in [0.2, 0.25) is 0 Å². The molecule has 2 aliphatic rings. The summed E-state index contributed by atoms with van der Waals surface area (Å²) in [4.78, 5) is 26.5. The molecule has 7 nitrogen and oxygen atoms in total. The van der Waals surface area contributed by atoms with E-state index in [1.54, 1.807) is 17.0 Å². The zero-order valence-electron chi connectivity index (χ0n) is 16.4. The van der Waals surface area contributed by atoms with Crippen LogP contribution in [0.25, 0.3) is 0 Å². The molecule has 28 heavy (non-hydrogen) atoms. The molecular formula is C20H29N3O4S. The van der Waals surface area contributed by atoms with Gasteiger partial charge in [-0.25, -0.2) is 8.42 Å². The molecule has 0 bridgehead atoms. The topological polar surface area (TPSA) is 86.8 Å². The minimum absolute atomic E-state index is 0.0246. The normalized spacial score (nSPS) is 21.1. The van der Waals surface area contributed by atoms with E-state index in [0.717, 1.165) is 32.1 Å². The molecule has 154 valence electrons. The molecule has 1 atom stereocenters. The number of sulfonamides is 1. The molecule has 2 aliphatic heterocycles. The lowest BCUT2D eigenvalue weighted by molar-refractivity contribution is -0.128. The maximum atomic E-state index is 12.7. The Bertz CT molecular complexity index is 801. The molecular weight excluding hydrogens is 378 g/mol. The Morgan fingerprint density at radius 1 is 1.14 bits per heavy atom. The van der Waals surface area contributed by atoms with Crippen molar-refractivity contribution in [3.8, 4) is 0 Å². The van der Waals surface area contributed by atoms with E-state index in [-0.39, 0.29) is 29.0 Å². The van der Waals surface area contributed by atoms with Crippen molar-refractivity contribution < 1.29 is 18.0 Å². The first-order valence-electron chi connectivity index (χ1n) is 10.1. The van der Waals surface area contributed by atoms with E-state index in [4.69, 9.17) is 0 Å². The molecule has 0 aliphatic carbocycles. The fourth-order valence-electron chi connectivity index (χ4n) is 3.72. The second kappa shape index (κ2) is 9.05. The first-order chi connectivity index (χ1) is 13.4. The summed E-state index contributed by atoms with van der Waals surface area (Å²) in [5.41, 5.74) is 0.544. The summed E-state index contributed by atoms with van der Waals surface area (Å²) in [7, 11) is -3.48. The molecule has 1 unspecified atom stereocenters. The zero-order chi connectivity index (χ0) is 20.1. The van der Waals surface area contributed by atoms with Crippen molar-refractivity contribution in [2.75, 3.05) is 31.5 Å². The highest BCUT2D eigenvalue weighted by atomic mass is 32.2. The first-order valence-corrected chi connectivity index (χ1v) is 11.5. The summed E-state index contributed by atoms with van der Waals surface area (Å²) in [5, 5.41) is 2.81. The molecule has 0 spiro atoms. The largest absolute Gasteiger partial charge is 0.342 e. The molecule has 8 heteroatoms. The molecule has 2 fully saturated rings. The summed E-state index contributed by atoms with van der Waals surface area (Å²) in [6.45, 7) is 4.34. The van der Waals surface area contributed by atoms with Crippen molar-refractivity contribution in [1.82, 2.24) is 9.21 Å². The second-order valence-electron chi connectivity index (χ2n) is 7.57. The quantitative estimate of drug-likeness (QED) is 0.752. The van der Waals surface area contributed by atoms with Crippen LogP contribution >= 0.6 is 0 Å². The molecule has 1 N–H and O–H groups in total. The molecule has 2 heterocycles. The number of anilines is 1. The van der Waals surface area contributed by atoms with Crippen LogP contribution in [0.3, 0.4) is 0 Å². The summed E-state index contributed by atoms with van der Waals surface area (Å²) in [5.74, 6) is -0.531. The van der Waals surface area contributed by atoms with Crippen LogP contribution in [0.1, 0.15) is 45.4 Å². The van der Waals surface area contributed by atoms with Crippen LogP contribution in [0.15, 0.2) is 29.2 Å². The van der Waals surface area contributed by atoms with Gasteiger partial charge >= 0.3 is 0 Å². The van der Waals surface area contributed by atoms with Gasteiger partial charge in [-0.15, -0.1) is 0 Å². The number of unbranched alkanes of at least 4 members (excludes halogenated alkanes) is 1. The minimum atomic E-state index is -3.48. The first kappa shape index (κ1) is 20.8. The average molecular weight is 408 g/mol. The minimum Gasteiger partial charge on any atom is -0.342 e. The SMILES string of the molecule is CCCCN1CC(C(=O)Nc2ccc(S(=O)(=O)N3CCCCC3)cc2)CC1=O. The molecule has 2 saturated heterocycles. The van der Waals surface area contributed by atoms with Gasteiger partial charge < -0.3 is 10.2 Å². The molecule has 2 amide bonds. The maximum Gasteiger partial charge on any atom is 0.243 e. The van der Waals surface area contributed by atoms with E-state index in [2.05, 4.69) is 12.2 Å². The Balaban J connectivity index is 1.60. The van der Waals surface area contributed by atoms with E-state index >= 15 is 0 Å². The van der Waals surface area contributed by atoms with Crippen molar-refractivity contribution in [2.24, 2.45) is 5.92 Å². The molecule has 1 aromatic carbocycles. The molecule has 0 radical (unpaired) electrons. The van der Waals surface area contributed by atoms with Crippen LogP contribution in [0, 0.1) is 5.92 Å². The van der Waals surface area contributed by atoms with Crippen LogP contribution < -0.4 is 5.32 Å². The Kier molecular flexibility index (Phi) is 6.72. The predicted octanol–water partition coefficient (Wildman–Crippen LogP) is 2.45. The number of carbonyl (C=O) groups excluding carboxylic acids is 2. The number of carbonyl (C=O) groups is 2. The van der Waals surface area contributed by atoms with E-state index in [0.29, 0.717) is 31.9 Å². The Labute approximate surface area is 167 Å². The third kappa shape index (κ3) is 4.72. The lowest BCUT2D eigenvalue weighted by atomic mass is 10.1. The Morgan fingerprint density at radius 2 is 1.82 bits per heavy atom. The number of rotatable bonds is 7. The smallest absolute Gasteiger partial charge is 0.243 e. The second-order valence-corrected chi connectivity index (χ2v) is 9.51. The van der Waals surface area contributed by atoms with Gasteiger partial charge in [-0.1, -0.05) is 19.8 Å². The van der Waals surface area contributed by atoms with E-state index in [1.165, 1.54) is 16.4 Å². The van der Waals surface area contributed by atoms with E-state index < -0.39 is 10.0 Å². The van der Waals surface area contributed by atoms with Gasteiger partial charge in [0.25, 0.3) is 0 Å². The van der Waals surface area contributed by atoms with E-state index in [1.807, 2.05) is 0 Å². The number of hydrogen-bond donors (Lipinski definition) is 1. The highest BCUT2D eigenvalue weighted by molar-refractivity contribution is 7.89. The standard InChI is InChI=1S/C20H29N3O4S/c1-2-3-11-22-15-16(14-19(22)24)20(25)21-17-7-9-18(10-8-17)28(26,27)23-12-5-4-6-13-23/h7-10,16H,2-6,11-15H2,1H3,(H,21,25). The number of piperidine rings is 1. The van der Waals surface area contributed by atoms with Crippen molar-refractivity contribution in [3.63, 3.8) is 0 Å². The number of nitrogens with one attached hydrogen (secondary N) is 1. The predicted molar refractivity (Wildman–Crippen MR) is 107 cm³/mol. The third-order valence-electron chi connectivity index (χ3n) is 5.44. The average Bonchev–Trinajstić information content (AvgIpc) is 3.08. The summed E-state index contributed by atoms with van der Waals surface area (Å²) >= 11 is 0. The van der Waals surface area contributed by atoms with Gasteiger partial charge in [0.15, 0.2) is 0 Å². The third-order valence-corrected chi connectivity index (χ3v) is 7.35. The monoisotopic (exact) mass is 407 g/mol. The molecule has 0 saturated carbocycles. The van der Waals surface area contributed by atoms with Gasteiger partial charge in [-0.3, -0.25) is 9.59 Å². The van der Waals surface area contributed by atoms with Gasteiger partial charge in [0.05, 0.1) is 10.8 Å². The van der Waals surface area contributed by atoms with Crippen molar-refractivity contribution in [2.45, 2.75) is 50.3 Å². The number of likely N-dealkylation sites (tertiary alicyclic amines) is 1. The summed E-state index contributed by atoms with van der Waals surface area (Å²) in [6.07, 6.45) is 5.03. The van der Waals surface area contributed by atoms with Gasteiger partial charge in [-0.05, 0) is 43.5 Å². The van der Waals surface area contributed by atoms with Crippen LogP contribution in [-0.2, 0) is 19.6 Å². The van der Waals surface area contributed by atoms with E-state index in [9.17, 15) is 18.0 Å². The molecule has 3 rings (SSSR count). The number of benzene rings is 1. The van der Waals surface area contributed by atoms with Crippen molar-refractivity contribution in [3.05, 3.63) is 24.3 Å². The van der Waals surface area contributed by atoms with Crippen LogP contribution in [-0.4, -0.2) is 55.6 Å². The molecule has 0 aromatic heterocycles.